The fraction of sp³-hybridized carbons (Fsp3) is 0.222. The minimum absolute atomic E-state index is 0.0141. The highest BCUT2D eigenvalue weighted by atomic mass is 79.9. The summed E-state index contributed by atoms with van der Waals surface area (Å²) in [6.07, 6.45) is -4.45. The van der Waals surface area contributed by atoms with Crippen LogP contribution in [0.4, 0.5) is 13.2 Å². The second kappa shape index (κ2) is 4.84. The van der Waals surface area contributed by atoms with E-state index in [0.29, 0.717) is 4.47 Å². The first kappa shape index (κ1) is 13.0. The fourth-order valence-electron chi connectivity index (χ4n) is 1.22. The SMILES string of the molecule is CN=C(NN)c1ccc(Br)cc1C(F)(F)F. The van der Waals surface area contributed by atoms with Crippen LogP contribution >= 0.6 is 15.9 Å². The molecule has 3 N–H and O–H groups in total. The molecule has 1 rings (SSSR count). The molecule has 0 unspecified atom stereocenters. The molecule has 0 heterocycles. The molecule has 0 saturated carbocycles. The van der Waals surface area contributed by atoms with Gasteiger partial charge in [0.1, 0.15) is 5.84 Å². The second-order valence-corrected chi connectivity index (χ2v) is 3.82. The molecule has 16 heavy (non-hydrogen) atoms. The average Bonchev–Trinajstić information content (AvgIpc) is 2.20. The molecule has 0 bridgehead atoms. The maximum Gasteiger partial charge on any atom is 0.417 e. The van der Waals surface area contributed by atoms with Crippen LogP contribution < -0.4 is 11.3 Å². The van der Waals surface area contributed by atoms with E-state index < -0.39 is 11.7 Å². The van der Waals surface area contributed by atoms with Crippen molar-refractivity contribution in [2.24, 2.45) is 10.8 Å². The summed E-state index contributed by atoms with van der Waals surface area (Å²) in [5.74, 6) is 5.09. The highest BCUT2D eigenvalue weighted by molar-refractivity contribution is 9.10. The first-order valence-corrected chi connectivity index (χ1v) is 5.00. The van der Waals surface area contributed by atoms with E-state index in [1.165, 1.54) is 19.2 Å². The van der Waals surface area contributed by atoms with Crippen molar-refractivity contribution in [3.63, 3.8) is 0 Å². The molecule has 88 valence electrons. The molecular formula is C9H9BrF3N3. The van der Waals surface area contributed by atoms with Crippen LogP contribution in [-0.4, -0.2) is 12.9 Å². The van der Waals surface area contributed by atoms with E-state index in [1.807, 2.05) is 0 Å². The van der Waals surface area contributed by atoms with Gasteiger partial charge in [-0.2, -0.15) is 13.2 Å². The number of nitrogens with zero attached hydrogens (tertiary/aromatic N) is 1. The quantitative estimate of drug-likeness (QED) is 0.361. The van der Waals surface area contributed by atoms with Gasteiger partial charge in [0.05, 0.1) is 5.56 Å². The van der Waals surface area contributed by atoms with Crippen molar-refractivity contribution < 1.29 is 13.2 Å². The molecule has 0 atom stereocenters. The van der Waals surface area contributed by atoms with Gasteiger partial charge >= 0.3 is 6.18 Å². The van der Waals surface area contributed by atoms with Crippen molar-refractivity contribution in [2.45, 2.75) is 6.18 Å². The molecule has 1 aromatic carbocycles. The molecule has 7 heteroatoms. The Hall–Kier alpha value is -1.08. The summed E-state index contributed by atoms with van der Waals surface area (Å²) in [6.45, 7) is 0. The van der Waals surface area contributed by atoms with Gasteiger partial charge in [0.2, 0.25) is 0 Å². The Bertz CT molecular complexity index is 415. The molecule has 1 aromatic rings. The highest BCUT2D eigenvalue weighted by Crippen LogP contribution is 2.33. The summed E-state index contributed by atoms with van der Waals surface area (Å²) in [7, 11) is 1.36. The predicted octanol–water partition coefficient (Wildman–Crippen LogP) is 2.31. The lowest BCUT2D eigenvalue weighted by molar-refractivity contribution is -0.137. The van der Waals surface area contributed by atoms with Crippen LogP contribution in [0.5, 0.6) is 0 Å². The van der Waals surface area contributed by atoms with E-state index >= 15 is 0 Å². The number of hydrogen-bond donors (Lipinski definition) is 2. The predicted molar refractivity (Wildman–Crippen MR) is 58.9 cm³/mol. The van der Waals surface area contributed by atoms with E-state index in [4.69, 9.17) is 5.84 Å². The third kappa shape index (κ3) is 2.73. The number of nitrogens with one attached hydrogen (secondary N) is 1. The summed E-state index contributed by atoms with van der Waals surface area (Å²) in [5, 5.41) is 0. The second-order valence-electron chi connectivity index (χ2n) is 2.90. The number of benzene rings is 1. The lowest BCUT2D eigenvalue weighted by Crippen LogP contribution is -2.32. The number of aliphatic imine (C=N–C) groups is 1. The van der Waals surface area contributed by atoms with Crippen LogP contribution in [-0.2, 0) is 6.18 Å². The normalized spacial score (nSPS) is 12.8. The number of nitrogens with two attached hydrogens (primary N) is 1. The summed E-state index contributed by atoms with van der Waals surface area (Å²) >= 11 is 2.99. The first-order valence-electron chi connectivity index (χ1n) is 4.20. The van der Waals surface area contributed by atoms with Crippen molar-refractivity contribution in [1.29, 1.82) is 0 Å². The summed E-state index contributed by atoms with van der Waals surface area (Å²) in [6, 6.07) is 3.78. The minimum Gasteiger partial charge on any atom is -0.308 e. The van der Waals surface area contributed by atoms with Crippen LogP contribution in [0.1, 0.15) is 11.1 Å². The van der Waals surface area contributed by atoms with Gasteiger partial charge in [-0.25, -0.2) is 5.84 Å². The van der Waals surface area contributed by atoms with Gasteiger partial charge < -0.3 is 5.43 Å². The zero-order chi connectivity index (χ0) is 12.3. The zero-order valence-electron chi connectivity index (χ0n) is 8.27. The van der Waals surface area contributed by atoms with Gasteiger partial charge in [-0.05, 0) is 18.2 Å². The molecule has 0 amide bonds. The maximum atomic E-state index is 12.7. The van der Waals surface area contributed by atoms with Gasteiger partial charge in [0.15, 0.2) is 0 Å². The van der Waals surface area contributed by atoms with Crippen LogP contribution in [0.15, 0.2) is 27.7 Å². The van der Waals surface area contributed by atoms with E-state index in [1.54, 1.807) is 0 Å². The summed E-state index contributed by atoms with van der Waals surface area (Å²) < 4.78 is 38.5. The van der Waals surface area contributed by atoms with Crippen molar-refractivity contribution >= 4 is 21.8 Å². The largest absolute Gasteiger partial charge is 0.417 e. The maximum absolute atomic E-state index is 12.7. The average molecular weight is 296 g/mol. The Labute approximate surface area is 98.6 Å². The van der Waals surface area contributed by atoms with Gasteiger partial charge in [0, 0.05) is 17.1 Å². The molecule has 0 saturated heterocycles. The zero-order valence-corrected chi connectivity index (χ0v) is 9.85. The van der Waals surface area contributed by atoms with Crippen molar-refractivity contribution in [1.82, 2.24) is 5.43 Å². The molecule has 0 spiro atoms. The molecule has 0 fully saturated rings. The lowest BCUT2D eigenvalue weighted by atomic mass is 10.1. The molecule has 0 aromatic heterocycles. The van der Waals surface area contributed by atoms with Crippen molar-refractivity contribution in [3.8, 4) is 0 Å². The molecule has 0 aliphatic carbocycles. The standard InChI is InChI=1S/C9H9BrF3N3/c1-15-8(16-14)6-3-2-5(10)4-7(6)9(11,12)13/h2-4H,14H2,1H3,(H,15,16). The van der Waals surface area contributed by atoms with Gasteiger partial charge in [-0.3, -0.25) is 4.99 Å². The fourth-order valence-corrected chi connectivity index (χ4v) is 1.58. The van der Waals surface area contributed by atoms with Crippen molar-refractivity contribution in [3.05, 3.63) is 33.8 Å². The third-order valence-corrected chi connectivity index (χ3v) is 2.40. The smallest absolute Gasteiger partial charge is 0.308 e. The first-order chi connectivity index (χ1) is 7.40. The Balaban J connectivity index is 3.40. The van der Waals surface area contributed by atoms with Gasteiger partial charge in [-0.15, -0.1) is 0 Å². The molecule has 0 radical (unpaired) electrons. The van der Waals surface area contributed by atoms with Crippen LogP contribution in [0.2, 0.25) is 0 Å². The van der Waals surface area contributed by atoms with Crippen LogP contribution in [0.3, 0.4) is 0 Å². The van der Waals surface area contributed by atoms with Crippen LogP contribution in [0.25, 0.3) is 0 Å². The monoisotopic (exact) mass is 295 g/mol. The van der Waals surface area contributed by atoms with E-state index in [-0.39, 0.29) is 11.4 Å². The molecule has 3 nitrogen and oxygen atoms in total. The number of hydrogen-bond acceptors (Lipinski definition) is 2. The summed E-state index contributed by atoms with van der Waals surface area (Å²) in [5.41, 5.74) is 1.26. The van der Waals surface area contributed by atoms with Crippen molar-refractivity contribution in [2.75, 3.05) is 7.05 Å². The topological polar surface area (TPSA) is 50.4 Å². The van der Waals surface area contributed by atoms with E-state index in [2.05, 4.69) is 26.3 Å². The van der Waals surface area contributed by atoms with E-state index in [9.17, 15) is 13.2 Å². The Morgan fingerprint density at radius 2 is 2.06 bits per heavy atom. The van der Waals surface area contributed by atoms with E-state index in [0.717, 1.165) is 6.07 Å². The summed E-state index contributed by atoms with van der Waals surface area (Å²) in [4.78, 5) is 3.65. The van der Waals surface area contributed by atoms with Gasteiger partial charge in [-0.1, -0.05) is 15.9 Å². The Kier molecular flexibility index (Phi) is 3.93. The lowest BCUT2D eigenvalue weighted by Gasteiger charge is -2.14. The minimum atomic E-state index is -4.45. The van der Waals surface area contributed by atoms with Crippen LogP contribution in [0, 0.1) is 0 Å². The highest BCUT2D eigenvalue weighted by Gasteiger charge is 2.34. The number of rotatable bonds is 1. The number of alkyl halides is 3. The number of halogens is 4. The Morgan fingerprint density at radius 3 is 2.50 bits per heavy atom. The molecule has 0 aliphatic rings. The molecular weight excluding hydrogens is 287 g/mol. The number of hydrazine groups is 1. The molecule has 0 aliphatic heterocycles. The van der Waals surface area contributed by atoms with Gasteiger partial charge in [0.25, 0.3) is 0 Å². The Morgan fingerprint density at radius 1 is 1.44 bits per heavy atom. The number of amidine groups is 1. The third-order valence-electron chi connectivity index (χ3n) is 1.90.